The molecule has 2 fully saturated rings. The van der Waals surface area contributed by atoms with Crippen LogP contribution in [0.25, 0.3) is 0 Å². The van der Waals surface area contributed by atoms with E-state index in [2.05, 4.69) is 10.7 Å². The first-order valence-electron chi connectivity index (χ1n) is 7.57. The van der Waals surface area contributed by atoms with E-state index in [-0.39, 0.29) is 30.2 Å². The predicted molar refractivity (Wildman–Crippen MR) is 81.2 cm³/mol. The first-order valence-corrected chi connectivity index (χ1v) is 7.57. The summed E-state index contributed by atoms with van der Waals surface area (Å²) in [6.07, 6.45) is 0.230. The third kappa shape index (κ3) is 3.96. The van der Waals surface area contributed by atoms with Crippen LogP contribution in [0.3, 0.4) is 0 Å². The number of amides is 3. The Bertz CT molecular complexity index is 575. The minimum absolute atomic E-state index is 0.0896. The van der Waals surface area contributed by atoms with Crippen LogP contribution in [-0.4, -0.2) is 55.8 Å². The van der Waals surface area contributed by atoms with Crippen LogP contribution in [-0.2, 0) is 9.53 Å². The van der Waals surface area contributed by atoms with Gasteiger partial charge in [-0.25, -0.2) is 14.2 Å². The van der Waals surface area contributed by atoms with Crippen LogP contribution >= 0.6 is 0 Å². The monoisotopic (exact) mass is 322 g/mol. The molecule has 0 aliphatic carbocycles. The molecule has 2 aliphatic rings. The summed E-state index contributed by atoms with van der Waals surface area (Å²) < 4.78 is 18.2. The Balaban J connectivity index is 1.52. The zero-order valence-electron chi connectivity index (χ0n) is 12.6. The lowest BCUT2D eigenvalue weighted by Crippen LogP contribution is -2.53. The molecular formula is C15H19FN4O3. The minimum atomic E-state index is -0.347. The Morgan fingerprint density at radius 3 is 2.61 bits per heavy atom. The second-order valence-corrected chi connectivity index (χ2v) is 5.57. The molecular weight excluding hydrogens is 303 g/mol. The molecule has 2 aliphatic heterocycles. The highest BCUT2D eigenvalue weighted by molar-refractivity contribution is 5.96. The second-order valence-electron chi connectivity index (χ2n) is 5.57. The van der Waals surface area contributed by atoms with Crippen molar-refractivity contribution in [1.29, 1.82) is 0 Å². The number of carbonyl (C=O) groups excluding carboxylic acids is 2. The average Bonchev–Trinajstić information content (AvgIpc) is 2.89. The van der Waals surface area contributed by atoms with E-state index < -0.39 is 0 Å². The zero-order valence-corrected chi connectivity index (χ0v) is 12.6. The smallest absolute Gasteiger partial charge is 0.329 e. The van der Waals surface area contributed by atoms with E-state index in [1.807, 2.05) is 0 Å². The molecule has 8 heteroatoms. The van der Waals surface area contributed by atoms with E-state index in [9.17, 15) is 14.0 Å². The first-order chi connectivity index (χ1) is 11.1. The van der Waals surface area contributed by atoms with Gasteiger partial charge >= 0.3 is 6.03 Å². The lowest BCUT2D eigenvalue weighted by molar-refractivity contribution is -0.117. The van der Waals surface area contributed by atoms with Gasteiger partial charge in [0.15, 0.2) is 0 Å². The molecule has 0 spiro atoms. The van der Waals surface area contributed by atoms with Gasteiger partial charge < -0.3 is 15.0 Å². The molecule has 2 saturated heterocycles. The van der Waals surface area contributed by atoms with Crippen LogP contribution < -0.4 is 15.6 Å². The molecule has 124 valence electrons. The molecule has 1 unspecified atom stereocenters. The third-order valence-electron chi connectivity index (χ3n) is 3.87. The SMILES string of the molecule is O=C(NC1CC(=O)N(c2ccc(F)cc2)C1)NN1CCOCC1. The van der Waals surface area contributed by atoms with Gasteiger partial charge in [-0.2, -0.15) is 0 Å². The Kier molecular flexibility index (Phi) is 4.73. The van der Waals surface area contributed by atoms with E-state index in [1.54, 1.807) is 22.0 Å². The number of ether oxygens (including phenoxy) is 1. The van der Waals surface area contributed by atoms with Crippen molar-refractivity contribution in [3.05, 3.63) is 30.1 Å². The molecule has 1 atom stereocenters. The molecule has 0 bridgehead atoms. The summed E-state index contributed by atoms with van der Waals surface area (Å²) in [5.41, 5.74) is 3.38. The van der Waals surface area contributed by atoms with Gasteiger partial charge in [0.25, 0.3) is 0 Å². The van der Waals surface area contributed by atoms with Crippen LogP contribution in [0, 0.1) is 5.82 Å². The summed E-state index contributed by atoms with van der Waals surface area (Å²) in [7, 11) is 0. The first kappa shape index (κ1) is 15.7. The maximum atomic E-state index is 13.0. The quantitative estimate of drug-likeness (QED) is 0.849. The van der Waals surface area contributed by atoms with Crippen LogP contribution in [0.4, 0.5) is 14.9 Å². The highest BCUT2D eigenvalue weighted by atomic mass is 19.1. The van der Waals surface area contributed by atoms with E-state index >= 15 is 0 Å². The molecule has 0 radical (unpaired) electrons. The Morgan fingerprint density at radius 1 is 1.22 bits per heavy atom. The Morgan fingerprint density at radius 2 is 1.91 bits per heavy atom. The molecule has 3 amide bonds. The fourth-order valence-corrected chi connectivity index (χ4v) is 2.71. The number of nitrogens with zero attached hydrogens (tertiary/aromatic N) is 2. The number of hydrazine groups is 1. The molecule has 1 aromatic rings. The Labute approximate surface area is 133 Å². The lowest BCUT2D eigenvalue weighted by Gasteiger charge is -2.27. The van der Waals surface area contributed by atoms with Crippen molar-refractivity contribution in [3.8, 4) is 0 Å². The number of carbonyl (C=O) groups is 2. The standard InChI is InChI=1S/C15H19FN4O3/c16-11-1-3-13(4-2-11)20-10-12(9-14(20)21)17-15(22)18-19-5-7-23-8-6-19/h1-4,12H,5-10H2,(H2,17,18,22). The Hall–Kier alpha value is -2.19. The third-order valence-corrected chi connectivity index (χ3v) is 3.87. The molecule has 1 aromatic carbocycles. The van der Waals surface area contributed by atoms with Crippen molar-refractivity contribution < 1.29 is 18.7 Å². The highest BCUT2D eigenvalue weighted by Crippen LogP contribution is 2.21. The number of halogens is 1. The molecule has 3 rings (SSSR count). The summed E-state index contributed by atoms with van der Waals surface area (Å²) in [6.45, 7) is 2.82. The summed E-state index contributed by atoms with van der Waals surface area (Å²) in [5.74, 6) is -0.437. The van der Waals surface area contributed by atoms with Crippen LogP contribution in [0.2, 0.25) is 0 Å². The van der Waals surface area contributed by atoms with Crippen LogP contribution in [0.15, 0.2) is 24.3 Å². The topological polar surface area (TPSA) is 73.9 Å². The van der Waals surface area contributed by atoms with E-state index in [0.717, 1.165) is 0 Å². The number of benzene rings is 1. The highest BCUT2D eigenvalue weighted by Gasteiger charge is 2.31. The van der Waals surface area contributed by atoms with Gasteiger partial charge in [0.2, 0.25) is 5.91 Å². The minimum Gasteiger partial charge on any atom is -0.379 e. The summed E-state index contributed by atoms with van der Waals surface area (Å²) in [4.78, 5) is 25.6. The molecule has 7 nitrogen and oxygen atoms in total. The summed E-state index contributed by atoms with van der Waals surface area (Å²) in [5, 5.41) is 4.58. The van der Waals surface area contributed by atoms with E-state index in [0.29, 0.717) is 38.5 Å². The molecule has 2 heterocycles. The van der Waals surface area contributed by atoms with Gasteiger partial charge in [0, 0.05) is 31.7 Å². The van der Waals surface area contributed by atoms with Crippen LogP contribution in [0.1, 0.15) is 6.42 Å². The van der Waals surface area contributed by atoms with Gasteiger partial charge in [0.05, 0.1) is 19.3 Å². The average molecular weight is 322 g/mol. The second kappa shape index (κ2) is 6.93. The van der Waals surface area contributed by atoms with Crippen molar-refractivity contribution in [2.24, 2.45) is 0 Å². The summed E-state index contributed by atoms with van der Waals surface area (Å²) in [6, 6.07) is 5.15. The van der Waals surface area contributed by atoms with Crippen molar-refractivity contribution in [2.45, 2.75) is 12.5 Å². The summed E-state index contributed by atoms with van der Waals surface area (Å²) >= 11 is 0. The van der Waals surface area contributed by atoms with Gasteiger partial charge in [-0.15, -0.1) is 0 Å². The zero-order chi connectivity index (χ0) is 16.2. The number of rotatable bonds is 3. The number of nitrogens with one attached hydrogen (secondary N) is 2. The van der Waals surface area contributed by atoms with Gasteiger partial charge in [0.1, 0.15) is 5.82 Å². The van der Waals surface area contributed by atoms with Gasteiger partial charge in [-0.3, -0.25) is 10.2 Å². The molecule has 23 heavy (non-hydrogen) atoms. The van der Waals surface area contributed by atoms with E-state index in [4.69, 9.17) is 4.74 Å². The van der Waals surface area contributed by atoms with Gasteiger partial charge in [-0.1, -0.05) is 0 Å². The number of anilines is 1. The number of hydrogen-bond donors (Lipinski definition) is 2. The van der Waals surface area contributed by atoms with E-state index in [1.165, 1.54) is 12.1 Å². The number of urea groups is 1. The van der Waals surface area contributed by atoms with Gasteiger partial charge in [-0.05, 0) is 24.3 Å². The maximum Gasteiger partial charge on any atom is 0.329 e. The largest absolute Gasteiger partial charge is 0.379 e. The van der Waals surface area contributed by atoms with Crippen molar-refractivity contribution in [1.82, 2.24) is 15.8 Å². The van der Waals surface area contributed by atoms with Crippen molar-refractivity contribution in [2.75, 3.05) is 37.7 Å². The fraction of sp³-hybridized carbons (Fsp3) is 0.467. The van der Waals surface area contributed by atoms with Crippen molar-refractivity contribution in [3.63, 3.8) is 0 Å². The lowest BCUT2D eigenvalue weighted by atomic mass is 10.2. The maximum absolute atomic E-state index is 13.0. The molecule has 2 N–H and O–H groups in total. The normalized spacial score (nSPS) is 22.2. The fourth-order valence-electron chi connectivity index (χ4n) is 2.71. The number of morpholine rings is 1. The number of hydrogen-bond acceptors (Lipinski definition) is 4. The molecule has 0 saturated carbocycles. The predicted octanol–water partition coefficient (Wildman–Crippen LogP) is 0.477. The van der Waals surface area contributed by atoms with Crippen LogP contribution in [0.5, 0.6) is 0 Å². The van der Waals surface area contributed by atoms with Crippen molar-refractivity contribution >= 4 is 17.6 Å². The molecule has 0 aromatic heterocycles.